The first-order chi connectivity index (χ1) is 7.14. The molecule has 0 radical (unpaired) electrons. The van der Waals surface area contributed by atoms with E-state index in [1.165, 1.54) is 0 Å². The van der Waals surface area contributed by atoms with Gasteiger partial charge < -0.3 is 4.74 Å². The lowest BCUT2D eigenvalue weighted by Crippen LogP contribution is -2.04. The number of ether oxygens (including phenoxy) is 1. The van der Waals surface area contributed by atoms with Crippen LogP contribution in [0.4, 0.5) is 0 Å². The zero-order valence-corrected chi connectivity index (χ0v) is 9.14. The summed E-state index contributed by atoms with van der Waals surface area (Å²) in [5.74, 6) is 0.739. The average Bonchev–Trinajstić information content (AvgIpc) is 2.26. The van der Waals surface area contributed by atoms with Gasteiger partial charge in [-0.05, 0) is 12.1 Å². The molecule has 0 fully saturated rings. The van der Waals surface area contributed by atoms with Crippen LogP contribution < -0.4 is 4.74 Å². The van der Waals surface area contributed by atoms with Gasteiger partial charge in [0.1, 0.15) is 11.9 Å². The number of benzene rings is 1. The average molecular weight is 229 g/mol. The largest absolute Gasteiger partial charge is 0.493 e. The van der Waals surface area contributed by atoms with E-state index >= 15 is 0 Å². The van der Waals surface area contributed by atoms with E-state index in [4.69, 9.17) is 14.5 Å². The van der Waals surface area contributed by atoms with Gasteiger partial charge in [-0.15, -0.1) is 0 Å². The molecule has 82 valence electrons. The Kier molecular flexibility index (Phi) is 4.69. The van der Waals surface area contributed by atoms with Gasteiger partial charge in [-0.25, -0.2) is 9.79 Å². The molecule has 0 saturated carbocycles. The maximum Gasteiger partial charge on any atom is 0.333 e. The molecule has 4 nitrogen and oxygen atoms in total. The summed E-state index contributed by atoms with van der Waals surface area (Å²) in [6.07, 6.45) is 0.539. The zero-order valence-electron chi connectivity index (χ0n) is 8.24. The number of hydrogen-bond donors (Lipinski definition) is 2. The summed E-state index contributed by atoms with van der Waals surface area (Å²) < 4.78 is 5.33. The lowest BCUT2D eigenvalue weighted by atomic mass is 10.3. The van der Waals surface area contributed by atoms with E-state index < -0.39 is 7.72 Å². The number of carbonyl (C=O) groups excluding carboxylic acids is 1. The Hall–Kier alpha value is -0.960. The lowest BCUT2D eigenvalue weighted by Gasteiger charge is -2.06. The molecular formula is C10H14O4P+. The second kappa shape index (κ2) is 5.81. The first-order valence-corrected chi connectivity index (χ1v) is 6.56. The Labute approximate surface area is 89.0 Å². The van der Waals surface area contributed by atoms with Crippen LogP contribution in [0.25, 0.3) is 0 Å². The van der Waals surface area contributed by atoms with Gasteiger partial charge in [0.2, 0.25) is 0 Å². The molecule has 0 heterocycles. The van der Waals surface area contributed by atoms with Gasteiger partial charge in [0.25, 0.3) is 0 Å². The molecule has 1 rings (SSSR count). The molecule has 0 aromatic heterocycles. The third kappa shape index (κ3) is 4.88. The fourth-order valence-corrected chi connectivity index (χ4v) is 1.76. The number of hydrogen-bond acceptors (Lipinski definition) is 4. The van der Waals surface area contributed by atoms with Crippen LogP contribution in [0.3, 0.4) is 0 Å². The third-order valence-electron chi connectivity index (χ3n) is 1.81. The molecule has 0 aliphatic rings. The van der Waals surface area contributed by atoms with E-state index in [2.05, 4.69) is 0 Å². The summed E-state index contributed by atoms with van der Waals surface area (Å²) >= 11 is 0. The molecule has 0 amide bonds. The van der Waals surface area contributed by atoms with Crippen LogP contribution in [0.15, 0.2) is 30.3 Å². The van der Waals surface area contributed by atoms with Crippen molar-refractivity contribution in [2.24, 2.45) is 0 Å². The molecule has 1 aromatic rings. The van der Waals surface area contributed by atoms with E-state index in [9.17, 15) is 4.79 Å². The predicted octanol–water partition coefficient (Wildman–Crippen LogP) is 1.48. The maximum absolute atomic E-state index is 10.2. The highest BCUT2D eigenvalue weighted by molar-refractivity contribution is 7.78. The van der Waals surface area contributed by atoms with Gasteiger partial charge in [0.05, 0.1) is 6.61 Å². The van der Waals surface area contributed by atoms with Crippen molar-refractivity contribution >= 4 is 13.7 Å². The van der Waals surface area contributed by atoms with Crippen LogP contribution >= 0.6 is 7.72 Å². The minimum Gasteiger partial charge on any atom is -0.493 e. The van der Waals surface area contributed by atoms with Crippen molar-refractivity contribution in [3.63, 3.8) is 0 Å². The SMILES string of the molecule is O=C[P+](O)(O)CCCOc1ccccc1. The second-order valence-electron chi connectivity index (χ2n) is 3.13. The van der Waals surface area contributed by atoms with Gasteiger partial charge in [0.15, 0.2) is 0 Å². The molecule has 0 aliphatic carbocycles. The normalized spacial score (nSPS) is 11.1. The number of rotatable bonds is 6. The quantitative estimate of drug-likeness (QED) is 0.440. The van der Waals surface area contributed by atoms with Crippen molar-refractivity contribution in [2.75, 3.05) is 12.8 Å². The zero-order chi connectivity index (χ0) is 11.1. The summed E-state index contributed by atoms with van der Waals surface area (Å²) in [4.78, 5) is 28.3. The minimum atomic E-state index is -3.31. The van der Waals surface area contributed by atoms with Crippen molar-refractivity contribution < 1.29 is 19.3 Å². The summed E-state index contributed by atoms with van der Waals surface area (Å²) in [6.45, 7) is 0.376. The van der Waals surface area contributed by atoms with Crippen LogP contribution in [0.2, 0.25) is 0 Å². The summed E-state index contributed by atoms with van der Waals surface area (Å²) in [5, 5.41) is 0. The number of carbonyl (C=O) groups is 1. The van der Waals surface area contributed by atoms with Crippen molar-refractivity contribution in [3.8, 4) is 5.75 Å². The highest BCUT2D eigenvalue weighted by Gasteiger charge is 2.31. The summed E-state index contributed by atoms with van der Waals surface area (Å²) in [6, 6.07) is 9.47. The molecule has 0 spiro atoms. The molecule has 15 heavy (non-hydrogen) atoms. The summed E-state index contributed by atoms with van der Waals surface area (Å²) in [7, 11) is -3.31. The van der Waals surface area contributed by atoms with E-state index in [1.54, 1.807) is 0 Å². The Morgan fingerprint density at radius 1 is 1.27 bits per heavy atom. The van der Waals surface area contributed by atoms with E-state index in [-0.39, 0.29) is 12.2 Å². The van der Waals surface area contributed by atoms with Gasteiger partial charge in [-0.3, -0.25) is 4.79 Å². The van der Waals surface area contributed by atoms with E-state index in [0.717, 1.165) is 5.75 Å². The molecule has 0 atom stereocenters. The Morgan fingerprint density at radius 3 is 2.53 bits per heavy atom. The van der Waals surface area contributed by atoms with Crippen molar-refractivity contribution in [1.82, 2.24) is 0 Å². The fourth-order valence-electron chi connectivity index (χ4n) is 1.06. The lowest BCUT2D eigenvalue weighted by molar-refractivity contribution is 0.315. The molecular weight excluding hydrogens is 215 g/mol. The molecule has 0 saturated heterocycles. The van der Waals surface area contributed by atoms with Crippen molar-refractivity contribution in [3.05, 3.63) is 30.3 Å². The molecule has 0 bridgehead atoms. The Morgan fingerprint density at radius 2 is 1.93 bits per heavy atom. The van der Waals surface area contributed by atoms with Gasteiger partial charge >= 0.3 is 13.7 Å². The first-order valence-electron chi connectivity index (χ1n) is 4.61. The molecule has 5 heteroatoms. The highest BCUT2D eigenvalue weighted by Crippen LogP contribution is 2.46. The molecule has 1 aromatic carbocycles. The van der Waals surface area contributed by atoms with Crippen LogP contribution in [0, 0.1) is 0 Å². The summed E-state index contributed by atoms with van der Waals surface area (Å²) in [5.41, 5.74) is 0. The second-order valence-corrected chi connectivity index (χ2v) is 5.36. The van der Waals surface area contributed by atoms with Gasteiger partial charge in [0, 0.05) is 6.42 Å². The van der Waals surface area contributed by atoms with E-state index in [1.807, 2.05) is 30.3 Å². The molecule has 2 N–H and O–H groups in total. The standard InChI is InChI=1S/C10H14O4P/c11-9-15(12,13)8-4-7-14-10-5-2-1-3-6-10/h1-3,5-6,9,12-13H,4,7-8H2/q+1. The third-order valence-corrected chi connectivity index (χ3v) is 3.12. The monoisotopic (exact) mass is 229 g/mol. The van der Waals surface area contributed by atoms with Gasteiger partial charge in [-0.1, -0.05) is 18.2 Å². The fraction of sp³-hybridized carbons (Fsp3) is 0.300. The smallest absolute Gasteiger partial charge is 0.333 e. The minimum absolute atomic E-state index is 0.0866. The highest BCUT2D eigenvalue weighted by atomic mass is 31.2. The molecule has 0 aliphatic heterocycles. The number of para-hydroxylation sites is 1. The van der Waals surface area contributed by atoms with Crippen LogP contribution in [-0.4, -0.2) is 28.6 Å². The molecule has 0 unspecified atom stereocenters. The first kappa shape index (κ1) is 12.1. The van der Waals surface area contributed by atoms with Crippen LogP contribution in [-0.2, 0) is 4.79 Å². The topological polar surface area (TPSA) is 66.8 Å². The Bertz CT molecular complexity index is 300. The van der Waals surface area contributed by atoms with Crippen LogP contribution in [0.1, 0.15) is 6.42 Å². The van der Waals surface area contributed by atoms with Crippen molar-refractivity contribution in [2.45, 2.75) is 6.42 Å². The van der Waals surface area contributed by atoms with Crippen LogP contribution in [0.5, 0.6) is 5.75 Å². The maximum atomic E-state index is 10.2. The van der Waals surface area contributed by atoms with E-state index in [0.29, 0.717) is 13.0 Å². The van der Waals surface area contributed by atoms with Gasteiger partial charge in [-0.2, -0.15) is 0 Å². The van der Waals surface area contributed by atoms with Crippen molar-refractivity contribution in [1.29, 1.82) is 0 Å². The Balaban J connectivity index is 2.20. The predicted molar refractivity (Wildman–Crippen MR) is 59.5 cm³/mol.